The van der Waals surface area contributed by atoms with E-state index in [1.807, 2.05) is 18.2 Å². The quantitative estimate of drug-likeness (QED) is 0.911. The first-order valence-electron chi connectivity index (χ1n) is 6.42. The molecule has 4 heteroatoms. The van der Waals surface area contributed by atoms with Crippen molar-refractivity contribution in [2.45, 2.75) is 12.3 Å². The third-order valence-electron chi connectivity index (χ3n) is 3.31. The summed E-state index contributed by atoms with van der Waals surface area (Å²) in [5.41, 5.74) is 7.69. The first-order valence-corrected chi connectivity index (χ1v) is 6.79. The molecule has 0 saturated carbocycles. The molecule has 2 aromatic rings. The number of hydrogen-bond donors (Lipinski definition) is 1. The third kappa shape index (κ3) is 3.50. The molecule has 0 aliphatic carbocycles. The maximum Gasteiger partial charge on any atom is 0.123 e. The zero-order chi connectivity index (χ0) is 14.5. The summed E-state index contributed by atoms with van der Waals surface area (Å²) in [7, 11) is 1.62. The Morgan fingerprint density at radius 2 is 2.05 bits per heavy atom. The molecule has 0 heterocycles. The second-order valence-corrected chi connectivity index (χ2v) is 5.08. The van der Waals surface area contributed by atoms with Gasteiger partial charge in [-0.1, -0.05) is 23.7 Å². The lowest BCUT2D eigenvalue weighted by atomic mass is 9.91. The highest BCUT2D eigenvalue weighted by Crippen LogP contribution is 2.28. The molecule has 1 unspecified atom stereocenters. The van der Waals surface area contributed by atoms with Crippen LogP contribution in [0.4, 0.5) is 4.39 Å². The Morgan fingerprint density at radius 3 is 2.70 bits per heavy atom. The molecule has 0 bridgehead atoms. The normalized spacial score (nSPS) is 12.2. The second kappa shape index (κ2) is 6.73. The number of hydrogen-bond acceptors (Lipinski definition) is 2. The van der Waals surface area contributed by atoms with Crippen molar-refractivity contribution in [1.82, 2.24) is 0 Å². The lowest BCUT2D eigenvalue weighted by Gasteiger charge is -2.17. The Kier molecular flexibility index (Phi) is 4.99. The van der Waals surface area contributed by atoms with Crippen LogP contribution in [0.15, 0.2) is 42.5 Å². The number of benzene rings is 2. The van der Waals surface area contributed by atoms with E-state index in [0.717, 1.165) is 16.9 Å². The SMILES string of the molecule is COc1ccc(Cl)cc1CC(CN)c1cccc(F)c1. The predicted octanol–water partition coefficient (Wildman–Crippen LogP) is 3.77. The van der Waals surface area contributed by atoms with Crippen LogP contribution in [0.2, 0.25) is 5.02 Å². The van der Waals surface area contributed by atoms with E-state index in [1.165, 1.54) is 12.1 Å². The molecular weight excluding hydrogens is 277 g/mol. The predicted molar refractivity (Wildman–Crippen MR) is 79.9 cm³/mol. The Morgan fingerprint density at radius 1 is 1.25 bits per heavy atom. The average Bonchev–Trinajstić information content (AvgIpc) is 2.45. The molecule has 106 valence electrons. The van der Waals surface area contributed by atoms with Gasteiger partial charge in [0.2, 0.25) is 0 Å². The van der Waals surface area contributed by atoms with Gasteiger partial charge in [-0.15, -0.1) is 0 Å². The van der Waals surface area contributed by atoms with Crippen molar-refractivity contribution in [1.29, 1.82) is 0 Å². The minimum absolute atomic E-state index is 0.0260. The van der Waals surface area contributed by atoms with E-state index in [2.05, 4.69) is 0 Å². The maximum absolute atomic E-state index is 13.3. The molecule has 0 spiro atoms. The minimum atomic E-state index is -0.251. The first-order chi connectivity index (χ1) is 9.63. The molecule has 0 radical (unpaired) electrons. The van der Waals surface area contributed by atoms with Gasteiger partial charge in [0.25, 0.3) is 0 Å². The fourth-order valence-electron chi connectivity index (χ4n) is 2.27. The highest BCUT2D eigenvalue weighted by atomic mass is 35.5. The van der Waals surface area contributed by atoms with Crippen molar-refractivity contribution in [2.75, 3.05) is 13.7 Å². The average molecular weight is 294 g/mol. The zero-order valence-corrected chi connectivity index (χ0v) is 12.0. The van der Waals surface area contributed by atoms with E-state index in [4.69, 9.17) is 22.1 Å². The number of nitrogens with two attached hydrogens (primary N) is 1. The van der Waals surface area contributed by atoms with E-state index in [-0.39, 0.29) is 11.7 Å². The fourth-order valence-corrected chi connectivity index (χ4v) is 2.46. The molecule has 2 nitrogen and oxygen atoms in total. The van der Waals surface area contributed by atoms with E-state index in [1.54, 1.807) is 19.2 Å². The Hall–Kier alpha value is -1.58. The topological polar surface area (TPSA) is 35.2 Å². The van der Waals surface area contributed by atoms with Gasteiger partial charge in [-0.3, -0.25) is 0 Å². The van der Waals surface area contributed by atoms with E-state index < -0.39 is 0 Å². The molecule has 1 atom stereocenters. The van der Waals surface area contributed by atoms with Crippen LogP contribution in [-0.4, -0.2) is 13.7 Å². The van der Waals surface area contributed by atoms with Gasteiger partial charge in [0.1, 0.15) is 11.6 Å². The maximum atomic E-state index is 13.3. The van der Waals surface area contributed by atoms with Crippen LogP contribution in [0.1, 0.15) is 17.0 Å². The number of methoxy groups -OCH3 is 1. The van der Waals surface area contributed by atoms with Crippen molar-refractivity contribution < 1.29 is 9.13 Å². The molecule has 0 aromatic heterocycles. The highest BCUT2D eigenvalue weighted by Gasteiger charge is 2.14. The third-order valence-corrected chi connectivity index (χ3v) is 3.55. The lowest BCUT2D eigenvalue weighted by molar-refractivity contribution is 0.408. The number of halogens is 2. The minimum Gasteiger partial charge on any atom is -0.496 e. The lowest BCUT2D eigenvalue weighted by Crippen LogP contribution is -2.15. The summed E-state index contributed by atoms with van der Waals surface area (Å²) in [6, 6.07) is 12.0. The van der Waals surface area contributed by atoms with Crippen LogP contribution in [0, 0.1) is 5.82 Å². The van der Waals surface area contributed by atoms with Crippen LogP contribution in [0.25, 0.3) is 0 Å². The summed E-state index contributed by atoms with van der Waals surface area (Å²) >= 11 is 6.02. The van der Waals surface area contributed by atoms with Crippen molar-refractivity contribution in [3.63, 3.8) is 0 Å². The second-order valence-electron chi connectivity index (χ2n) is 4.65. The van der Waals surface area contributed by atoms with Crippen molar-refractivity contribution in [3.05, 3.63) is 64.4 Å². The number of ether oxygens (including phenoxy) is 1. The van der Waals surface area contributed by atoms with Crippen molar-refractivity contribution in [3.8, 4) is 5.75 Å². The molecule has 0 fully saturated rings. The summed E-state index contributed by atoms with van der Waals surface area (Å²) in [5, 5.41) is 0.649. The van der Waals surface area contributed by atoms with Gasteiger partial charge < -0.3 is 10.5 Å². The Labute approximate surface area is 123 Å². The summed E-state index contributed by atoms with van der Waals surface area (Å²) in [6.45, 7) is 0.430. The van der Waals surface area contributed by atoms with Crippen LogP contribution >= 0.6 is 11.6 Å². The Bertz CT molecular complexity index is 588. The molecule has 0 aliphatic rings. The smallest absolute Gasteiger partial charge is 0.123 e. The molecule has 0 saturated heterocycles. The molecule has 0 amide bonds. The van der Waals surface area contributed by atoms with Gasteiger partial charge in [0, 0.05) is 10.9 Å². The van der Waals surface area contributed by atoms with Gasteiger partial charge in [0.15, 0.2) is 0 Å². The van der Waals surface area contributed by atoms with Crippen molar-refractivity contribution in [2.24, 2.45) is 5.73 Å². The summed E-state index contributed by atoms with van der Waals surface area (Å²) in [6.07, 6.45) is 0.656. The van der Waals surface area contributed by atoms with Gasteiger partial charge >= 0.3 is 0 Å². The Balaban J connectivity index is 2.28. The van der Waals surface area contributed by atoms with Crippen LogP contribution in [0.3, 0.4) is 0 Å². The summed E-state index contributed by atoms with van der Waals surface area (Å²) in [5.74, 6) is 0.543. The monoisotopic (exact) mass is 293 g/mol. The fraction of sp³-hybridized carbons (Fsp3) is 0.250. The standard InChI is InChI=1S/C16H17ClFNO/c1-20-16-6-5-14(17)8-12(16)7-13(10-19)11-3-2-4-15(18)9-11/h2-6,8-9,13H,7,10,19H2,1H3. The van der Waals surface area contributed by atoms with Crippen LogP contribution in [0.5, 0.6) is 5.75 Å². The van der Waals surface area contributed by atoms with Crippen LogP contribution < -0.4 is 10.5 Å². The zero-order valence-electron chi connectivity index (χ0n) is 11.3. The molecule has 2 rings (SSSR count). The van der Waals surface area contributed by atoms with Gasteiger partial charge in [-0.25, -0.2) is 4.39 Å². The molecular formula is C16H17ClFNO. The van der Waals surface area contributed by atoms with Gasteiger partial charge in [-0.05, 0) is 54.4 Å². The number of rotatable bonds is 5. The molecule has 20 heavy (non-hydrogen) atoms. The van der Waals surface area contributed by atoms with Gasteiger partial charge in [-0.2, -0.15) is 0 Å². The summed E-state index contributed by atoms with van der Waals surface area (Å²) < 4.78 is 18.7. The summed E-state index contributed by atoms with van der Waals surface area (Å²) in [4.78, 5) is 0. The van der Waals surface area contributed by atoms with Gasteiger partial charge in [0.05, 0.1) is 7.11 Å². The largest absolute Gasteiger partial charge is 0.496 e. The van der Waals surface area contributed by atoms with E-state index in [0.29, 0.717) is 18.0 Å². The van der Waals surface area contributed by atoms with E-state index >= 15 is 0 Å². The molecule has 2 aromatic carbocycles. The van der Waals surface area contributed by atoms with Crippen LogP contribution in [-0.2, 0) is 6.42 Å². The van der Waals surface area contributed by atoms with E-state index in [9.17, 15) is 4.39 Å². The first kappa shape index (κ1) is 14.8. The molecule has 2 N–H and O–H groups in total. The molecule has 0 aliphatic heterocycles. The van der Waals surface area contributed by atoms with Crippen molar-refractivity contribution >= 4 is 11.6 Å². The highest BCUT2D eigenvalue weighted by molar-refractivity contribution is 6.30.